The molecule has 0 aromatic heterocycles. The van der Waals surface area contributed by atoms with E-state index in [1.165, 1.54) is 32.1 Å². The van der Waals surface area contributed by atoms with Gasteiger partial charge in [0.1, 0.15) is 0 Å². The fourth-order valence-electron chi connectivity index (χ4n) is 2.94. The van der Waals surface area contributed by atoms with Gasteiger partial charge in [0, 0.05) is 6.04 Å². The molecule has 2 aliphatic rings. The summed E-state index contributed by atoms with van der Waals surface area (Å²) >= 11 is 0. The zero-order valence-corrected chi connectivity index (χ0v) is 11.2. The van der Waals surface area contributed by atoms with Gasteiger partial charge in [0.05, 0.1) is 6.61 Å². The lowest BCUT2D eigenvalue weighted by Gasteiger charge is -2.24. The van der Waals surface area contributed by atoms with Crippen LogP contribution >= 0.6 is 0 Å². The summed E-state index contributed by atoms with van der Waals surface area (Å²) in [5.41, 5.74) is 0. The molecule has 104 valence electrons. The smallest absolute Gasteiger partial charge is 0.407 e. The number of carbonyl (C=O) groups is 1. The van der Waals surface area contributed by atoms with E-state index in [4.69, 9.17) is 4.74 Å². The van der Waals surface area contributed by atoms with Crippen molar-refractivity contribution >= 4 is 6.09 Å². The monoisotopic (exact) mass is 254 g/mol. The van der Waals surface area contributed by atoms with Gasteiger partial charge in [-0.1, -0.05) is 19.3 Å². The molecule has 0 atom stereocenters. The zero-order chi connectivity index (χ0) is 12.6. The van der Waals surface area contributed by atoms with Crippen LogP contribution in [-0.2, 0) is 4.74 Å². The maximum Gasteiger partial charge on any atom is 0.407 e. The Balaban J connectivity index is 1.53. The normalized spacial score (nSPS) is 22.7. The molecule has 0 aromatic carbocycles. The fraction of sp³-hybridized carbons (Fsp3) is 0.929. The molecule has 1 aliphatic carbocycles. The molecular weight excluding hydrogens is 228 g/mol. The molecule has 1 amide bonds. The number of nitrogens with one attached hydrogen (secondary N) is 2. The highest BCUT2D eigenvalue weighted by atomic mass is 16.5. The van der Waals surface area contributed by atoms with Crippen molar-refractivity contribution in [1.82, 2.24) is 10.6 Å². The van der Waals surface area contributed by atoms with E-state index in [-0.39, 0.29) is 6.09 Å². The van der Waals surface area contributed by atoms with Gasteiger partial charge in [0.15, 0.2) is 0 Å². The lowest BCUT2D eigenvalue weighted by molar-refractivity contribution is 0.129. The zero-order valence-electron chi connectivity index (χ0n) is 11.2. The summed E-state index contributed by atoms with van der Waals surface area (Å²) in [5, 5.41) is 6.33. The van der Waals surface area contributed by atoms with Crippen LogP contribution in [0.3, 0.4) is 0 Å². The topological polar surface area (TPSA) is 50.4 Å². The summed E-state index contributed by atoms with van der Waals surface area (Å²) in [7, 11) is 0. The predicted octanol–water partition coefficient (Wildman–Crippen LogP) is 2.44. The van der Waals surface area contributed by atoms with Gasteiger partial charge >= 0.3 is 6.09 Å². The van der Waals surface area contributed by atoms with Crippen LogP contribution in [0.15, 0.2) is 0 Å². The number of ether oxygens (including phenoxy) is 1. The van der Waals surface area contributed by atoms with E-state index in [0.717, 1.165) is 38.3 Å². The fourth-order valence-corrected chi connectivity index (χ4v) is 2.94. The Morgan fingerprint density at radius 1 is 1.11 bits per heavy atom. The second kappa shape index (κ2) is 7.62. The van der Waals surface area contributed by atoms with Crippen molar-refractivity contribution < 1.29 is 9.53 Å². The molecule has 0 unspecified atom stereocenters. The van der Waals surface area contributed by atoms with Crippen LogP contribution in [0, 0.1) is 5.92 Å². The third kappa shape index (κ3) is 4.84. The number of hydrogen-bond donors (Lipinski definition) is 2. The number of hydrogen-bond acceptors (Lipinski definition) is 3. The second-order valence-corrected chi connectivity index (χ2v) is 5.60. The Hall–Kier alpha value is -0.770. The third-order valence-electron chi connectivity index (χ3n) is 4.15. The van der Waals surface area contributed by atoms with E-state index < -0.39 is 0 Å². The van der Waals surface area contributed by atoms with Crippen LogP contribution in [0.25, 0.3) is 0 Å². The van der Waals surface area contributed by atoms with Gasteiger partial charge in [-0.2, -0.15) is 0 Å². The first-order chi connectivity index (χ1) is 8.84. The summed E-state index contributed by atoms with van der Waals surface area (Å²) in [6.07, 6.45) is 9.24. The molecule has 4 heteroatoms. The minimum atomic E-state index is -0.212. The van der Waals surface area contributed by atoms with Gasteiger partial charge in [-0.25, -0.2) is 4.79 Å². The first-order valence-electron chi connectivity index (χ1n) is 7.48. The third-order valence-corrected chi connectivity index (χ3v) is 4.15. The summed E-state index contributed by atoms with van der Waals surface area (Å²) < 4.78 is 5.28. The van der Waals surface area contributed by atoms with E-state index in [2.05, 4.69) is 10.6 Å². The van der Waals surface area contributed by atoms with Crippen LogP contribution in [0.5, 0.6) is 0 Å². The molecule has 1 saturated heterocycles. The van der Waals surface area contributed by atoms with E-state index in [1.54, 1.807) is 0 Å². The molecule has 0 bridgehead atoms. The van der Waals surface area contributed by atoms with Crippen molar-refractivity contribution in [2.24, 2.45) is 5.92 Å². The highest BCUT2D eigenvalue weighted by molar-refractivity contribution is 5.67. The van der Waals surface area contributed by atoms with Crippen molar-refractivity contribution in [3.8, 4) is 0 Å². The standard InChI is InChI=1S/C14H26N2O2/c17-14(16-13-4-2-1-3-5-13)18-11-8-12-6-9-15-10-7-12/h12-13,15H,1-11H2,(H,16,17). The highest BCUT2D eigenvalue weighted by Gasteiger charge is 2.17. The van der Waals surface area contributed by atoms with Gasteiger partial charge in [0.25, 0.3) is 0 Å². The maximum absolute atomic E-state index is 11.6. The van der Waals surface area contributed by atoms with Gasteiger partial charge in [-0.05, 0) is 51.1 Å². The van der Waals surface area contributed by atoms with Crippen LogP contribution in [-0.4, -0.2) is 31.8 Å². The molecule has 0 aromatic rings. The van der Waals surface area contributed by atoms with Gasteiger partial charge in [-0.3, -0.25) is 0 Å². The molecule has 2 N–H and O–H groups in total. The predicted molar refractivity (Wildman–Crippen MR) is 71.6 cm³/mol. The number of rotatable bonds is 4. The molecular formula is C14H26N2O2. The first-order valence-corrected chi connectivity index (χ1v) is 7.48. The van der Waals surface area contributed by atoms with E-state index in [9.17, 15) is 4.79 Å². The van der Waals surface area contributed by atoms with Gasteiger partial charge in [0.2, 0.25) is 0 Å². The number of carbonyl (C=O) groups excluding carboxylic acids is 1. The van der Waals surface area contributed by atoms with Gasteiger partial charge < -0.3 is 15.4 Å². The Bertz CT molecular complexity index is 246. The summed E-state index contributed by atoms with van der Waals surface area (Å²) in [6, 6.07) is 0.352. The van der Waals surface area contributed by atoms with Crippen LogP contribution in [0.2, 0.25) is 0 Å². The largest absolute Gasteiger partial charge is 0.450 e. The maximum atomic E-state index is 11.6. The van der Waals surface area contributed by atoms with Crippen LogP contribution < -0.4 is 10.6 Å². The minimum Gasteiger partial charge on any atom is -0.450 e. The highest BCUT2D eigenvalue weighted by Crippen LogP contribution is 2.18. The lowest BCUT2D eigenvalue weighted by Crippen LogP contribution is -2.37. The Labute approximate surface area is 110 Å². The van der Waals surface area contributed by atoms with E-state index >= 15 is 0 Å². The molecule has 1 aliphatic heterocycles. The molecule has 0 spiro atoms. The average molecular weight is 254 g/mol. The summed E-state index contributed by atoms with van der Waals surface area (Å²) in [4.78, 5) is 11.6. The Kier molecular flexibility index (Phi) is 5.78. The molecule has 4 nitrogen and oxygen atoms in total. The summed E-state index contributed by atoms with van der Waals surface area (Å²) in [5.74, 6) is 0.730. The van der Waals surface area contributed by atoms with Crippen molar-refractivity contribution in [2.75, 3.05) is 19.7 Å². The Morgan fingerprint density at radius 3 is 2.56 bits per heavy atom. The first kappa shape index (κ1) is 13.7. The average Bonchev–Trinajstić information content (AvgIpc) is 2.41. The quantitative estimate of drug-likeness (QED) is 0.810. The minimum absolute atomic E-state index is 0.212. The van der Waals surface area contributed by atoms with Crippen molar-refractivity contribution in [3.63, 3.8) is 0 Å². The number of piperidine rings is 1. The number of amides is 1. The summed E-state index contributed by atoms with van der Waals surface area (Å²) in [6.45, 7) is 2.79. The van der Waals surface area contributed by atoms with Crippen molar-refractivity contribution in [3.05, 3.63) is 0 Å². The van der Waals surface area contributed by atoms with E-state index in [1.807, 2.05) is 0 Å². The van der Waals surface area contributed by atoms with Crippen molar-refractivity contribution in [2.45, 2.75) is 57.4 Å². The van der Waals surface area contributed by atoms with Crippen molar-refractivity contribution in [1.29, 1.82) is 0 Å². The Morgan fingerprint density at radius 2 is 1.83 bits per heavy atom. The van der Waals surface area contributed by atoms with E-state index in [0.29, 0.717) is 12.6 Å². The lowest BCUT2D eigenvalue weighted by atomic mass is 9.95. The SMILES string of the molecule is O=C(NC1CCCCC1)OCCC1CCNCC1. The molecule has 1 saturated carbocycles. The molecule has 0 radical (unpaired) electrons. The molecule has 2 fully saturated rings. The van der Waals surface area contributed by atoms with Gasteiger partial charge in [-0.15, -0.1) is 0 Å². The molecule has 18 heavy (non-hydrogen) atoms. The molecule has 2 rings (SSSR count). The molecule has 1 heterocycles. The van der Waals surface area contributed by atoms with Crippen LogP contribution in [0.4, 0.5) is 4.79 Å². The van der Waals surface area contributed by atoms with Crippen LogP contribution in [0.1, 0.15) is 51.4 Å². The number of alkyl carbamates (subject to hydrolysis) is 1. The second-order valence-electron chi connectivity index (χ2n) is 5.60.